The van der Waals surface area contributed by atoms with E-state index >= 15 is 0 Å². The Morgan fingerprint density at radius 1 is 1.44 bits per heavy atom. The Bertz CT molecular complexity index is 451. The van der Waals surface area contributed by atoms with Crippen LogP contribution in [-0.2, 0) is 6.42 Å². The molecule has 0 aliphatic heterocycles. The van der Waals surface area contributed by atoms with Crippen molar-refractivity contribution in [2.45, 2.75) is 6.42 Å². The minimum Gasteiger partial charge on any atom is -0.493 e. The Labute approximate surface area is 92.2 Å². The summed E-state index contributed by atoms with van der Waals surface area (Å²) in [5.41, 5.74) is 0.0913. The molecule has 0 heterocycles. The van der Waals surface area contributed by atoms with Crippen LogP contribution in [-0.4, -0.2) is 19.1 Å². The fraction of sp³-hybridized carbons (Fsp3) is 0.300. The van der Waals surface area contributed by atoms with Crippen molar-refractivity contribution in [2.75, 3.05) is 14.2 Å². The number of nitriles is 1. The van der Waals surface area contributed by atoms with Gasteiger partial charge in [0.2, 0.25) is 5.75 Å². The molecule has 0 aliphatic rings. The molecule has 0 unspecified atom stereocenters. The molecule has 6 nitrogen and oxygen atoms in total. The quantitative estimate of drug-likeness (QED) is 0.573. The van der Waals surface area contributed by atoms with Gasteiger partial charge in [0.1, 0.15) is 0 Å². The molecule has 0 saturated carbocycles. The van der Waals surface area contributed by atoms with E-state index in [1.165, 1.54) is 20.3 Å². The number of ether oxygens (including phenoxy) is 2. The van der Waals surface area contributed by atoms with Gasteiger partial charge in [-0.3, -0.25) is 10.1 Å². The van der Waals surface area contributed by atoms with Crippen LogP contribution in [0.2, 0.25) is 0 Å². The number of hydrogen-bond donors (Lipinski definition) is 0. The van der Waals surface area contributed by atoms with Gasteiger partial charge in [-0.25, -0.2) is 0 Å². The Morgan fingerprint density at radius 3 is 2.56 bits per heavy atom. The first-order chi connectivity index (χ1) is 7.65. The normalized spacial score (nSPS) is 9.31. The fourth-order valence-corrected chi connectivity index (χ4v) is 1.38. The first-order valence-corrected chi connectivity index (χ1v) is 4.40. The van der Waals surface area contributed by atoms with Crippen LogP contribution in [0.25, 0.3) is 0 Å². The van der Waals surface area contributed by atoms with Gasteiger partial charge in [0.25, 0.3) is 0 Å². The zero-order valence-corrected chi connectivity index (χ0v) is 8.89. The molecule has 0 spiro atoms. The summed E-state index contributed by atoms with van der Waals surface area (Å²) >= 11 is 0. The van der Waals surface area contributed by atoms with E-state index in [2.05, 4.69) is 0 Å². The zero-order valence-electron chi connectivity index (χ0n) is 8.89. The molecule has 16 heavy (non-hydrogen) atoms. The highest BCUT2D eigenvalue weighted by molar-refractivity contribution is 5.61. The van der Waals surface area contributed by atoms with Crippen LogP contribution in [0.3, 0.4) is 0 Å². The maximum atomic E-state index is 10.9. The second-order valence-electron chi connectivity index (χ2n) is 2.90. The maximum Gasteiger partial charge on any atom is 0.319 e. The Balaban J connectivity index is 3.45. The summed E-state index contributed by atoms with van der Waals surface area (Å²) in [5, 5.41) is 19.5. The highest BCUT2D eigenvalue weighted by Gasteiger charge is 2.24. The lowest BCUT2D eigenvalue weighted by Crippen LogP contribution is -2.00. The van der Waals surface area contributed by atoms with E-state index in [-0.39, 0.29) is 23.6 Å². The summed E-state index contributed by atoms with van der Waals surface area (Å²) in [6, 6.07) is 4.90. The van der Waals surface area contributed by atoms with Crippen LogP contribution in [0.1, 0.15) is 5.56 Å². The number of nitrogens with zero attached hydrogens (tertiary/aromatic N) is 2. The molecule has 0 aromatic heterocycles. The third-order valence-electron chi connectivity index (χ3n) is 2.06. The molecule has 1 aromatic carbocycles. The number of benzene rings is 1. The van der Waals surface area contributed by atoms with Gasteiger partial charge in [0.05, 0.1) is 31.6 Å². The van der Waals surface area contributed by atoms with Gasteiger partial charge >= 0.3 is 5.69 Å². The van der Waals surface area contributed by atoms with Gasteiger partial charge in [0.15, 0.2) is 5.75 Å². The molecule has 0 saturated heterocycles. The number of nitro groups is 1. The van der Waals surface area contributed by atoms with Gasteiger partial charge in [-0.15, -0.1) is 0 Å². The van der Waals surface area contributed by atoms with E-state index in [1.54, 1.807) is 6.07 Å². The fourth-order valence-electron chi connectivity index (χ4n) is 1.38. The Morgan fingerprint density at radius 2 is 2.12 bits per heavy atom. The summed E-state index contributed by atoms with van der Waals surface area (Å²) < 4.78 is 9.89. The van der Waals surface area contributed by atoms with Gasteiger partial charge < -0.3 is 9.47 Å². The molecule has 0 radical (unpaired) electrons. The molecule has 0 amide bonds. The lowest BCUT2D eigenvalue weighted by atomic mass is 10.1. The van der Waals surface area contributed by atoms with Crippen LogP contribution in [0.5, 0.6) is 11.5 Å². The monoisotopic (exact) mass is 224 g/mol. The number of nitro benzene ring substituents is 1. The SMILES string of the molecule is COc1ccc(C[14C]#N)c([N+](=O)[O-])c1OC. The molecular weight excluding hydrogens is 214 g/mol. The van der Waals surface area contributed by atoms with Crippen molar-refractivity contribution in [3.63, 3.8) is 0 Å². The molecule has 1 aromatic rings. The molecule has 0 aliphatic carbocycles. The van der Waals surface area contributed by atoms with Crippen molar-refractivity contribution in [1.29, 1.82) is 5.26 Å². The summed E-state index contributed by atoms with van der Waals surface area (Å²) in [4.78, 5) is 10.3. The molecule has 0 atom stereocenters. The maximum absolute atomic E-state index is 10.9. The number of methoxy groups -OCH3 is 2. The van der Waals surface area contributed by atoms with Gasteiger partial charge in [-0.05, 0) is 12.1 Å². The summed E-state index contributed by atoms with van der Waals surface area (Å²) in [6.45, 7) is 0. The van der Waals surface area contributed by atoms with Crippen molar-refractivity contribution in [2.24, 2.45) is 0 Å². The highest BCUT2D eigenvalue weighted by Crippen LogP contribution is 2.39. The van der Waals surface area contributed by atoms with E-state index in [0.717, 1.165) is 0 Å². The number of rotatable bonds is 4. The third kappa shape index (κ3) is 2.03. The summed E-state index contributed by atoms with van der Waals surface area (Å²) in [7, 11) is 2.71. The van der Waals surface area contributed by atoms with E-state index in [0.29, 0.717) is 5.56 Å². The zero-order chi connectivity index (χ0) is 12.1. The van der Waals surface area contributed by atoms with Gasteiger partial charge in [0, 0.05) is 5.56 Å². The van der Waals surface area contributed by atoms with Crippen LogP contribution in [0.4, 0.5) is 5.69 Å². The standard InChI is InChI=1S/C10H10N2O4/c1-15-8-4-3-7(5-6-11)9(12(13)14)10(8)16-2/h3-4H,5H2,1-2H3/i6+2. The average molecular weight is 224 g/mol. The second kappa shape index (κ2) is 4.98. The van der Waals surface area contributed by atoms with Crippen LogP contribution < -0.4 is 9.47 Å². The smallest absolute Gasteiger partial charge is 0.319 e. The lowest BCUT2D eigenvalue weighted by Gasteiger charge is -2.09. The summed E-state index contributed by atoms with van der Waals surface area (Å²) in [6.07, 6.45) is -0.0450. The minimum absolute atomic E-state index is 0.0419. The van der Waals surface area contributed by atoms with E-state index in [9.17, 15) is 10.1 Å². The first kappa shape index (κ1) is 11.8. The predicted molar refractivity (Wildman–Crippen MR) is 55.5 cm³/mol. The summed E-state index contributed by atoms with van der Waals surface area (Å²) in [5.74, 6) is 0.316. The molecule has 84 valence electrons. The Hall–Kier alpha value is -2.29. The van der Waals surface area contributed by atoms with Crippen LogP contribution in [0.15, 0.2) is 12.1 Å². The third-order valence-corrected chi connectivity index (χ3v) is 2.06. The minimum atomic E-state index is -0.575. The first-order valence-electron chi connectivity index (χ1n) is 4.40. The molecule has 0 N–H and O–H groups in total. The van der Waals surface area contributed by atoms with Gasteiger partial charge in [-0.2, -0.15) is 5.26 Å². The number of hydrogen-bond acceptors (Lipinski definition) is 5. The Kier molecular flexibility index (Phi) is 3.67. The molecule has 6 heteroatoms. The van der Waals surface area contributed by atoms with Crippen LogP contribution in [0, 0.1) is 21.4 Å². The van der Waals surface area contributed by atoms with Gasteiger partial charge in [-0.1, -0.05) is 0 Å². The van der Waals surface area contributed by atoms with Crippen molar-refractivity contribution >= 4 is 5.69 Å². The van der Waals surface area contributed by atoms with E-state index < -0.39 is 4.92 Å². The second-order valence-corrected chi connectivity index (χ2v) is 2.90. The average Bonchev–Trinajstić information content (AvgIpc) is 2.28. The van der Waals surface area contributed by atoms with Crippen molar-refractivity contribution < 1.29 is 14.4 Å². The van der Waals surface area contributed by atoms with E-state index in [1.807, 2.05) is 6.07 Å². The van der Waals surface area contributed by atoms with Crippen molar-refractivity contribution in [1.82, 2.24) is 0 Å². The molecule has 1 rings (SSSR count). The van der Waals surface area contributed by atoms with Crippen molar-refractivity contribution in [3.8, 4) is 17.6 Å². The largest absolute Gasteiger partial charge is 0.493 e. The molecule has 0 bridgehead atoms. The topological polar surface area (TPSA) is 85.4 Å². The predicted octanol–water partition coefficient (Wildman–Crippen LogP) is 1.68. The lowest BCUT2D eigenvalue weighted by molar-refractivity contribution is -0.386. The van der Waals surface area contributed by atoms with Crippen molar-refractivity contribution in [3.05, 3.63) is 27.8 Å². The molecule has 0 fully saturated rings. The highest BCUT2D eigenvalue weighted by atomic mass is 16.6. The molecular formula is C10H10N2O4. The van der Waals surface area contributed by atoms with Crippen LogP contribution >= 0.6 is 0 Å². The van der Waals surface area contributed by atoms with E-state index in [4.69, 9.17) is 14.7 Å².